The van der Waals surface area contributed by atoms with Gasteiger partial charge in [0.15, 0.2) is 0 Å². The second kappa shape index (κ2) is 4.34. The van der Waals surface area contributed by atoms with Gasteiger partial charge in [0.05, 0.1) is 10.1 Å². The third-order valence-corrected chi connectivity index (χ3v) is 1.61. The van der Waals surface area contributed by atoms with Gasteiger partial charge in [-0.15, -0.1) is 0 Å². The Kier molecular flexibility index (Phi) is 5.89. The topological polar surface area (TPSA) is 57.2 Å². The van der Waals surface area contributed by atoms with Crippen LogP contribution in [0.3, 0.4) is 0 Å². The third kappa shape index (κ3) is 11.9. The van der Waals surface area contributed by atoms with Crippen LogP contribution in [0.15, 0.2) is 0 Å². The summed E-state index contributed by atoms with van der Waals surface area (Å²) in [5.74, 6) is -0.315. The summed E-state index contributed by atoms with van der Waals surface area (Å²) in [6.07, 6.45) is 0. The summed E-state index contributed by atoms with van der Waals surface area (Å²) in [6, 6.07) is 0. The van der Waals surface area contributed by atoms with Crippen LogP contribution in [0.5, 0.6) is 0 Å². The number of hydrogen-bond donors (Lipinski definition) is 0. The minimum Gasteiger partial charge on any atom is -0.748 e. The van der Waals surface area contributed by atoms with E-state index >= 15 is 0 Å². The average molecular weight is 144 g/mol. The second-order valence-corrected chi connectivity index (χ2v) is 3.57. The molecule has 0 radical (unpaired) electrons. The molecule has 3 nitrogen and oxygen atoms in total. The smallest absolute Gasteiger partial charge is 0.748 e. The summed E-state index contributed by atoms with van der Waals surface area (Å²) in [4.78, 5) is 0. The Morgan fingerprint density at radius 1 is 1.44 bits per heavy atom. The van der Waals surface area contributed by atoms with Gasteiger partial charge in [0.25, 0.3) is 0 Å². The van der Waals surface area contributed by atoms with Crippen LogP contribution in [0.25, 0.3) is 0 Å². The normalized spacial score (nSPS) is 11.1. The zero-order valence-electron chi connectivity index (χ0n) is 5.92. The first kappa shape index (κ1) is 12.2. The number of rotatable bonds is 2. The van der Waals surface area contributed by atoms with Gasteiger partial charge in [-0.2, -0.15) is 0 Å². The largest absolute Gasteiger partial charge is 1.00 e. The SMILES string of the molecule is CC(C)CS(=O)(=O)[O-].[Li+]. The van der Waals surface area contributed by atoms with Gasteiger partial charge in [-0.05, 0) is 5.92 Å². The van der Waals surface area contributed by atoms with E-state index in [1.807, 2.05) is 0 Å². The second-order valence-electron chi connectivity index (χ2n) is 2.12. The predicted molar refractivity (Wildman–Crippen MR) is 29.4 cm³/mol. The van der Waals surface area contributed by atoms with E-state index in [1.165, 1.54) is 0 Å². The van der Waals surface area contributed by atoms with Crippen LogP contribution in [-0.2, 0) is 10.1 Å². The van der Waals surface area contributed by atoms with Gasteiger partial charge in [-0.3, -0.25) is 0 Å². The van der Waals surface area contributed by atoms with Crippen LogP contribution in [0.1, 0.15) is 13.8 Å². The minimum absolute atomic E-state index is 0. The summed E-state index contributed by atoms with van der Waals surface area (Å²) in [6.45, 7) is 3.38. The van der Waals surface area contributed by atoms with Gasteiger partial charge < -0.3 is 4.55 Å². The Labute approximate surface area is 67.8 Å². The van der Waals surface area contributed by atoms with Crippen LogP contribution in [-0.4, -0.2) is 18.7 Å². The Bertz CT molecular complexity index is 149. The van der Waals surface area contributed by atoms with Crippen LogP contribution >= 0.6 is 0 Å². The molecule has 9 heavy (non-hydrogen) atoms. The van der Waals surface area contributed by atoms with E-state index in [4.69, 9.17) is 0 Å². The molecule has 0 saturated carbocycles. The molecule has 0 fully saturated rings. The summed E-state index contributed by atoms with van der Waals surface area (Å²) in [7, 11) is -3.97. The minimum atomic E-state index is -3.97. The van der Waals surface area contributed by atoms with Crippen molar-refractivity contribution in [2.75, 3.05) is 5.75 Å². The molecule has 0 aliphatic carbocycles. The van der Waals surface area contributed by atoms with Crippen molar-refractivity contribution in [2.45, 2.75) is 13.8 Å². The van der Waals surface area contributed by atoms with Gasteiger partial charge in [0, 0.05) is 5.75 Å². The summed E-state index contributed by atoms with van der Waals surface area (Å²) in [5, 5.41) is 0. The van der Waals surface area contributed by atoms with Crippen LogP contribution < -0.4 is 18.9 Å². The molecule has 0 rings (SSSR count). The maximum atomic E-state index is 9.89. The Hall–Kier alpha value is 0.507. The third-order valence-electron chi connectivity index (χ3n) is 0.537. The molecule has 0 aromatic heterocycles. The van der Waals surface area contributed by atoms with Crippen LogP contribution in [0.2, 0.25) is 0 Å². The average Bonchev–Trinajstić information content (AvgIpc) is 1.21. The molecule has 0 aliphatic rings. The van der Waals surface area contributed by atoms with E-state index in [9.17, 15) is 13.0 Å². The maximum Gasteiger partial charge on any atom is 1.00 e. The Morgan fingerprint density at radius 2 is 1.78 bits per heavy atom. The summed E-state index contributed by atoms with van der Waals surface area (Å²) >= 11 is 0. The van der Waals surface area contributed by atoms with Gasteiger partial charge in [0.1, 0.15) is 0 Å². The molecular weight excluding hydrogens is 135 g/mol. The molecule has 0 aromatic carbocycles. The van der Waals surface area contributed by atoms with Gasteiger partial charge in [-0.25, -0.2) is 8.42 Å². The standard InChI is InChI=1S/C4H10O3S.Li/c1-4(2)3-8(5,6)7;/h4H,3H2,1-2H3,(H,5,6,7);/q;+1/p-1. The Morgan fingerprint density at radius 3 is 1.78 bits per heavy atom. The summed E-state index contributed by atoms with van der Waals surface area (Å²) in [5.41, 5.74) is 0. The fourth-order valence-corrected chi connectivity index (χ4v) is 1.22. The van der Waals surface area contributed by atoms with Crippen molar-refractivity contribution in [3.63, 3.8) is 0 Å². The van der Waals surface area contributed by atoms with Crippen molar-refractivity contribution in [2.24, 2.45) is 5.92 Å². The van der Waals surface area contributed by atoms with E-state index in [-0.39, 0.29) is 30.5 Å². The maximum absolute atomic E-state index is 9.89. The number of hydrogen-bond acceptors (Lipinski definition) is 3. The fourth-order valence-electron chi connectivity index (χ4n) is 0.408. The molecule has 0 N–H and O–H groups in total. The Balaban J connectivity index is 0. The molecule has 0 aromatic rings. The van der Waals surface area contributed by atoms with E-state index in [0.717, 1.165) is 0 Å². The molecule has 0 unspecified atom stereocenters. The van der Waals surface area contributed by atoms with Crippen LogP contribution in [0, 0.1) is 5.92 Å². The fraction of sp³-hybridized carbons (Fsp3) is 1.00. The zero-order valence-corrected chi connectivity index (χ0v) is 6.73. The first-order chi connectivity index (χ1) is 3.42. The van der Waals surface area contributed by atoms with Crippen molar-refractivity contribution in [3.05, 3.63) is 0 Å². The molecule has 5 heteroatoms. The molecule has 50 valence electrons. The molecule has 0 atom stereocenters. The van der Waals surface area contributed by atoms with Gasteiger partial charge >= 0.3 is 18.9 Å². The van der Waals surface area contributed by atoms with Crippen molar-refractivity contribution >= 4 is 10.1 Å². The summed E-state index contributed by atoms with van der Waals surface area (Å²) < 4.78 is 29.7. The van der Waals surface area contributed by atoms with E-state index in [2.05, 4.69) is 0 Å². The molecule has 0 spiro atoms. The molecule has 0 amide bonds. The van der Waals surface area contributed by atoms with Gasteiger partial charge in [0.2, 0.25) is 0 Å². The molecule has 0 saturated heterocycles. The molecular formula is C4H9LiO3S. The van der Waals surface area contributed by atoms with Crippen LogP contribution in [0.4, 0.5) is 0 Å². The molecule has 0 bridgehead atoms. The first-order valence-corrected chi connectivity index (χ1v) is 3.93. The van der Waals surface area contributed by atoms with E-state index in [0.29, 0.717) is 0 Å². The van der Waals surface area contributed by atoms with Crippen molar-refractivity contribution < 1.29 is 31.8 Å². The molecule has 0 aliphatic heterocycles. The van der Waals surface area contributed by atoms with Crippen molar-refractivity contribution in [3.8, 4) is 0 Å². The van der Waals surface area contributed by atoms with E-state index < -0.39 is 10.1 Å². The molecule has 0 heterocycles. The monoisotopic (exact) mass is 144 g/mol. The van der Waals surface area contributed by atoms with E-state index in [1.54, 1.807) is 13.8 Å². The van der Waals surface area contributed by atoms with Crippen molar-refractivity contribution in [1.29, 1.82) is 0 Å². The zero-order chi connectivity index (χ0) is 6.78. The quantitative estimate of drug-likeness (QED) is 0.310. The van der Waals surface area contributed by atoms with Crippen molar-refractivity contribution in [1.82, 2.24) is 0 Å². The van der Waals surface area contributed by atoms with Gasteiger partial charge in [-0.1, -0.05) is 13.8 Å². The predicted octanol–water partition coefficient (Wildman–Crippen LogP) is -2.81. The first-order valence-electron chi connectivity index (χ1n) is 2.35.